The smallest absolute Gasteiger partial charge is 0.255 e. The van der Waals surface area contributed by atoms with Crippen molar-refractivity contribution in [2.24, 2.45) is 0 Å². The van der Waals surface area contributed by atoms with Crippen molar-refractivity contribution in [2.75, 3.05) is 19.5 Å². The number of hydrogen-bond acceptors (Lipinski definition) is 4. The number of ether oxygens (including phenoxy) is 2. The Morgan fingerprint density at radius 3 is 2.42 bits per heavy atom. The highest BCUT2D eigenvalue weighted by Gasteiger charge is 2.12. The normalized spacial score (nSPS) is 10.4. The Morgan fingerprint density at radius 1 is 1.12 bits per heavy atom. The van der Waals surface area contributed by atoms with E-state index in [0.717, 1.165) is 11.1 Å². The van der Waals surface area contributed by atoms with Crippen molar-refractivity contribution < 1.29 is 14.3 Å². The zero-order valence-electron chi connectivity index (χ0n) is 15.0. The number of hydrogen-bond donors (Lipinski definition) is 1. The van der Waals surface area contributed by atoms with Crippen LogP contribution in [-0.2, 0) is 6.54 Å². The van der Waals surface area contributed by atoms with Crippen molar-refractivity contribution in [3.63, 3.8) is 0 Å². The van der Waals surface area contributed by atoms with Gasteiger partial charge in [-0.05, 0) is 42.3 Å². The number of rotatable bonds is 6. The molecular weight excluding hydrogens is 330 g/mol. The van der Waals surface area contributed by atoms with Crippen LogP contribution >= 0.6 is 0 Å². The third-order valence-corrected chi connectivity index (χ3v) is 4.10. The minimum absolute atomic E-state index is 0.175. The van der Waals surface area contributed by atoms with Crippen LogP contribution in [0.5, 0.6) is 11.5 Å². The second kappa shape index (κ2) is 7.74. The highest BCUT2D eigenvalue weighted by Crippen LogP contribution is 2.33. The topological polar surface area (TPSA) is 65.4 Å². The fraction of sp³-hybridized carbons (Fsp3) is 0.200. The number of anilines is 1. The predicted octanol–water partition coefficient (Wildman–Crippen LogP) is 3.51. The van der Waals surface area contributed by atoms with E-state index in [-0.39, 0.29) is 5.91 Å². The van der Waals surface area contributed by atoms with Crippen LogP contribution in [-0.4, -0.2) is 29.9 Å². The second-order valence-electron chi connectivity index (χ2n) is 5.88. The maximum atomic E-state index is 12.5. The molecule has 1 aromatic heterocycles. The van der Waals surface area contributed by atoms with Crippen molar-refractivity contribution in [3.8, 4) is 11.5 Å². The van der Waals surface area contributed by atoms with Gasteiger partial charge in [-0.15, -0.1) is 0 Å². The number of aromatic nitrogens is 2. The van der Waals surface area contributed by atoms with E-state index in [2.05, 4.69) is 10.4 Å². The number of methoxy groups -OCH3 is 2. The number of aryl methyl sites for hydroxylation is 1. The van der Waals surface area contributed by atoms with E-state index in [0.29, 0.717) is 29.3 Å². The molecule has 6 heteroatoms. The lowest BCUT2D eigenvalue weighted by Crippen LogP contribution is -2.13. The van der Waals surface area contributed by atoms with Crippen LogP contribution in [0.4, 0.5) is 5.69 Å². The van der Waals surface area contributed by atoms with Gasteiger partial charge >= 0.3 is 0 Å². The summed E-state index contributed by atoms with van der Waals surface area (Å²) in [7, 11) is 3.15. The van der Waals surface area contributed by atoms with E-state index in [4.69, 9.17) is 9.47 Å². The molecule has 1 N–H and O–H groups in total. The molecule has 6 nitrogen and oxygen atoms in total. The molecule has 0 aliphatic carbocycles. The first-order chi connectivity index (χ1) is 12.6. The average Bonchev–Trinajstić information content (AvgIpc) is 3.16. The monoisotopic (exact) mass is 351 g/mol. The minimum Gasteiger partial charge on any atom is -0.493 e. The summed E-state index contributed by atoms with van der Waals surface area (Å²) >= 11 is 0. The summed E-state index contributed by atoms with van der Waals surface area (Å²) < 4.78 is 12.4. The molecule has 0 bridgehead atoms. The lowest BCUT2D eigenvalue weighted by Gasteiger charge is -2.14. The molecule has 134 valence electrons. The van der Waals surface area contributed by atoms with E-state index in [1.165, 1.54) is 0 Å². The first kappa shape index (κ1) is 17.5. The maximum Gasteiger partial charge on any atom is 0.255 e. The highest BCUT2D eigenvalue weighted by molar-refractivity contribution is 6.04. The van der Waals surface area contributed by atoms with Gasteiger partial charge in [-0.25, -0.2) is 0 Å². The van der Waals surface area contributed by atoms with E-state index in [9.17, 15) is 4.79 Å². The Kier molecular flexibility index (Phi) is 5.22. The van der Waals surface area contributed by atoms with Crippen LogP contribution in [0.3, 0.4) is 0 Å². The molecule has 0 saturated heterocycles. The molecule has 3 aromatic rings. The van der Waals surface area contributed by atoms with Crippen molar-refractivity contribution in [3.05, 3.63) is 71.5 Å². The first-order valence-electron chi connectivity index (χ1n) is 8.21. The lowest BCUT2D eigenvalue weighted by molar-refractivity contribution is 0.102. The van der Waals surface area contributed by atoms with Gasteiger partial charge in [0, 0.05) is 29.7 Å². The Hall–Kier alpha value is -3.28. The van der Waals surface area contributed by atoms with Crippen molar-refractivity contribution in [1.82, 2.24) is 9.78 Å². The Balaban J connectivity index is 1.73. The Bertz CT molecular complexity index is 887. The van der Waals surface area contributed by atoms with Crippen LogP contribution in [0.2, 0.25) is 0 Å². The summed E-state index contributed by atoms with van der Waals surface area (Å²) in [6.07, 6.45) is 3.65. The van der Waals surface area contributed by atoms with Gasteiger partial charge in [0.15, 0.2) is 11.5 Å². The molecule has 0 spiro atoms. The number of carbonyl (C=O) groups is 1. The summed E-state index contributed by atoms with van der Waals surface area (Å²) in [6.45, 7) is 2.58. The molecule has 0 radical (unpaired) electrons. The molecule has 2 aromatic carbocycles. The summed E-state index contributed by atoms with van der Waals surface area (Å²) in [4.78, 5) is 12.5. The number of amides is 1. The van der Waals surface area contributed by atoms with E-state index in [1.807, 2.05) is 54.2 Å². The average molecular weight is 351 g/mol. The molecular formula is C20H21N3O3. The Morgan fingerprint density at radius 2 is 1.81 bits per heavy atom. The molecule has 0 unspecified atom stereocenters. The van der Waals surface area contributed by atoms with Gasteiger partial charge in [0.05, 0.1) is 20.8 Å². The first-order valence-corrected chi connectivity index (χ1v) is 8.21. The predicted molar refractivity (Wildman–Crippen MR) is 100 cm³/mol. The quantitative estimate of drug-likeness (QED) is 0.738. The van der Waals surface area contributed by atoms with Gasteiger partial charge in [0.1, 0.15) is 0 Å². The molecule has 0 atom stereocenters. The van der Waals surface area contributed by atoms with Crippen molar-refractivity contribution in [1.29, 1.82) is 0 Å². The van der Waals surface area contributed by atoms with Crippen molar-refractivity contribution >= 4 is 11.6 Å². The summed E-state index contributed by atoms with van der Waals surface area (Å²) in [5.74, 6) is 1.03. The minimum atomic E-state index is -0.175. The van der Waals surface area contributed by atoms with Gasteiger partial charge in [-0.2, -0.15) is 5.10 Å². The van der Waals surface area contributed by atoms with Crippen LogP contribution < -0.4 is 14.8 Å². The van der Waals surface area contributed by atoms with Gasteiger partial charge < -0.3 is 14.8 Å². The van der Waals surface area contributed by atoms with Crippen molar-refractivity contribution in [2.45, 2.75) is 13.5 Å². The molecule has 1 amide bonds. The number of carbonyl (C=O) groups excluding carboxylic acids is 1. The van der Waals surface area contributed by atoms with E-state index in [1.54, 1.807) is 26.5 Å². The van der Waals surface area contributed by atoms with Crippen LogP contribution in [0.1, 0.15) is 21.5 Å². The molecule has 0 saturated carbocycles. The third-order valence-electron chi connectivity index (χ3n) is 4.10. The van der Waals surface area contributed by atoms with Gasteiger partial charge in [-0.3, -0.25) is 9.48 Å². The largest absolute Gasteiger partial charge is 0.493 e. The molecule has 1 heterocycles. The van der Waals surface area contributed by atoms with Crippen LogP contribution in [0, 0.1) is 6.92 Å². The number of nitrogens with zero attached hydrogens (tertiary/aromatic N) is 2. The maximum absolute atomic E-state index is 12.5. The molecule has 3 rings (SSSR count). The number of benzene rings is 2. The van der Waals surface area contributed by atoms with Gasteiger partial charge in [-0.1, -0.05) is 12.1 Å². The van der Waals surface area contributed by atoms with Gasteiger partial charge in [0.2, 0.25) is 0 Å². The van der Waals surface area contributed by atoms with Crippen LogP contribution in [0.25, 0.3) is 0 Å². The molecule has 0 fully saturated rings. The lowest BCUT2D eigenvalue weighted by atomic mass is 10.1. The highest BCUT2D eigenvalue weighted by atomic mass is 16.5. The fourth-order valence-electron chi connectivity index (χ4n) is 2.65. The molecule has 26 heavy (non-hydrogen) atoms. The van der Waals surface area contributed by atoms with Crippen LogP contribution in [0.15, 0.2) is 54.9 Å². The van der Waals surface area contributed by atoms with E-state index >= 15 is 0 Å². The number of nitrogens with one attached hydrogen (secondary N) is 1. The molecule has 0 aliphatic heterocycles. The fourth-order valence-corrected chi connectivity index (χ4v) is 2.65. The SMILES string of the molecule is COc1cc(C)c(NC(=O)c2ccc(Cn3cccn3)cc2)cc1OC. The summed E-state index contributed by atoms with van der Waals surface area (Å²) in [6, 6.07) is 13.0. The van der Waals surface area contributed by atoms with E-state index < -0.39 is 0 Å². The van der Waals surface area contributed by atoms with Gasteiger partial charge in [0.25, 0.3) is 5.91 Å². The summed E-state index contributed by atoms with van der Waals surface area (Å²) in [5.41, 5.74) is 3.25. The Labute approximate surface area is 152 Å². The summed E-state index contributed by atoms with van der Waals surface area (Å²) in [5, 5.41) is 7.11. The second-order valence-corrected chi connectivity index (χ2v) is 5.88. The third kappa shape index (κ3) is 3.85. The zero-order valence-corrected chi connectivity index (χ0v) is 15.0. The molecule has 0 aliphatic rings. The standard InChI is InChI=1S/C20H21N3O3/c1-14-11-18(25-2)19(26-3)12-17(14)22-20(24)16-7-5-15(6-8-16)13-23-10-4-9-21-23/h4-12H,13H2,1-3H3,(H,22,24). The zero-order chi connectivity index (χ0) is 18.5.